The fourth-order valence-corrected chi connectivity index (χ4v) is 2.05. The third-order valence-electron chi connectivity index (χ3n) is 3.05. The van der Waals surface area contributed by atoms with E-state index in [0.29, 0.717) is 5.69 Å². The lowest BCUT2D eigenvalue weighted by molar-refractivity contribution is 0.0697. The molecule has 3 rings (SSSR count). The molecule has 1 heterocycles. The lowest BCUT2D eigenvalue weighted by atomic mass is 10.0. The molecular formula is C14H11N3O2. The highest BCUT2D eigenvalue weighted by Crippen LogP contribution is 2.29. The summed E-state index contributed by atoms with van der Waals surface area (Å²) in [6.07, 6.45) is 1.71. The Hall–Kier alpha value is -2.82. The van der Waals surface area contributed by atoms with Crippen molar-refractivity contribution in [3.63, 3.8) is 0 Å². The van der Waals surface area contributed by atoms with Crippen LogP contribution in [0, 0.1) is 0 Å². The van der Waals surface area contributed by atoms with Gasteiger partial charge >= 0.3 is 5.97 Å². The average Bonchev–Trinajstić information content (AvgIpc) is 2.85. The maximum Gasteiger partial charge on any atom is 0.335 e. The predicted molar refractivity (Wildman–Crippen MR) is 72.9 cm³/mol. The second-order valence-corrected chi connectivity index (χ2v) is 4.28. The number of carbonyl (C=O) groups is 1. The van der Waals surface area contributed by atoms with Crippen molar-refractivity contribution >= 4 is 22.6 Å². The van der Waals surface area contributed by atoms with Crippen molar-refractivity contribution < 1.29 is 9.90 Å². The molecule has 94 valence electrons. The number of carboxylic acids is 1. The van der Waals surface area contributed by atoms with Crippen LogP contribution in [0.5, 0.6) is 0 Å². The predicted octanol–water partition coefficient (Wildman–Crippen LogP) is 2.51. The zero-order chi connectivity index (χ0) is 13.4. The number of anilines is 1. The first kappa shape index (κ1) is 11.3. The Bertz CT molecular complexity index is 760. The van der Waals surface area contributed by atoms with E-state index in [2.05, 4.69) is 10.2 Å². The van der Waals surface area contributed by atoms with Crippen LogP contribution in [-0.4, -0.2) is 21.3 Å². The molecule has 0 radical (unpaired) electrons. The van der Waals surface area contributed by atoms with Gasteiger partial charge in [-0.05, 0) is 29.8 Å². The van der Waals surface area contributed by atoms with Gasteiger partial charge in [0.15, 0.2) is 0 Å². The zero-order valence-corrected chi connectivity index (χ0v) is 9.92. The number of nitrogens with zero attached hydrogens (tertiary/aromatic N) is 1. The molecular weight excluding hydrogens is 242 g/mol. The molecule has 0 unspecified atom stereocenters. The highest BCUT2D eigenvalue weighted by atomic mass is 16.4. The number of carboxylic acid groups (broad SMARTS) is 1. The number of hydrogen-bond donors (Lipinski definition) is 3. The fourth-order valence-electron chi connectivity index (χ4n) is 2.05. The summed E-state index contributed by atoms with van der Waals surface area (Å²) in [6.45, 7) is 0. The molecule has 0 aliphatic rings. The van der Waals surface area contributed by atoms with Gasteiger partial charge in [0.2, 0.25) is 0 Å². The van der Waals surface area contributed by atoms with E-state index in [1.807, 2.05) is 12.1 Å². The minimum absolute atomic E-state index is 0.255. The van der Waals surface area contributed by atoms with Crippen molar-refractivity contribution in [2.45, 2.75) is 0 Å². The second kappa shape index (κ2) is 4.13. The highest BCUT2D eigenvalue weighted by molar-refractivity contribution is 5.92. The molecule has 4 N–H and O–H groups in total. The molecule has 0 atom stereocenters. The van der Waals surface area contributed by atoms with E-state index in [0.717, 1.165) is 22.0 Å². The Balaban J connectivity index is 2.12. The first-order valence-electron chi connectivity index (χ1n) is 5.71. The molecule has 0 amide bonds. The topological polar surface area (TPSA) is 92.0 Å². The lowest BCUT2D eigenvalue weighted by Gasteiger charge is -2.06. The van der Waals surface area contributed by atoms with E-state index in [1.165, 1.54) is 0 Å². The Kier molecular flexibility index (Phi) is 2.45. The molecule has 0 saturated heterocycles. The Morgan fingerprint density at radius 1 is 1.21 bits per heavy atom. The summed E-state index contributed by atoms with van der Waals surface area (Å²) in [6, 6.07) is 10.4. The van der Waals surface area contributed by atoms with Gasteiger partial charge in [-0.25, -0.2) is 4.79 Å². The molecule has 3 aromatic rings. The van der Waals surface area contributed by atoms with Crippen LogP contribution in [0.1, 0.15) is 10.4 Å². The van der Waals surface area contributed by atoms with E-state index in [1.54, 1.807) is 30.5 Å². The summed E-state index contributed by atoms with van der Waals surface area (Å²) in [4.78, 5) is 10.8. The highest BCUT2D eigenvalue weighted by Gasteiger charge is 2.08. The van der Waals surface area contributed by atoms with E-state index in [4.69, 9.17) is 10.8 Å². The largest absolute Gasteiger partial charge is 0.478 e. The first-order chi connectivity index (χ1) is 9.15. The number of H-pyrrole nitrogens is 1. The number of aromatic carboxylic acids is 1. The van der Waals surface area contributed by atoms with Gasteiger partial charge in [-0.1, -0.05) is 12.1 Å². The van der Waals surface area contributed by atoms with E-state index >= 15 is 0 Å². The minimum atomic E-state index is -0.941. The maximum atomic E-state index is 10.8. The molecule has 2 aromatic carbocycles. The van der Waals surface area contributed by atoms with Gasteiger partial charge in [0.05, 0.1) is 17.3 Å². The SMILES string of the molecule is Nc1cc2cn[nH]c2cc1-c1ccc(C(=O)O)cc1. The molecule has 0 bridgehead atoms. The maximum absolute atomic E-state index is 10.8. The lowest BCUT2D eigenvalue weighted by Crippen LogP contribution is -1.96. The van der Waals surface area contributed by atoms with Crippen LogP contribution >= 0.6 is 0 Å². The quantitative estimate of drug-likeness (QED) is 0.612. The molecule has 0 spiro atoms. The van der Waals surface area contributed by atoms with E-state index < -0.39 is 5.97 Å². The van der Waals surface area contributed by atoms with Crippen molar-refractivity contribution in [2.24, 2.45) is 0 Å². The summed E-state index contributed by atoms with van der Waals surface area (Å²) in [5, 5.41) is 16.7. The van der Waals surface area contributed by atoms with Crippen LogP contribution in [0.3, 0.4) is 0 Å². The number of aromatic nitrogens is 2. The van der Waals surface area contributed by atoms with E-state index in [-0.39, 0.29) is 5.56 Å². The van der Waals surface area contributed by atoms with Crippen molar-refractivity contribution in [3.05, 3.63) is 48.2 Å². The number of aromatic amines is 1. The van der Waals surface area contributed by atoms with Gasteiger partial charge in [-0.3, -0.25) is 5.10 Å². The van der Waals surface area contributed by atoms with Crippen molar-refractivity contribution in [1.29, 1.82) is 0 Å². The summed E-state index contributed by atoms with van der Waals surface area (Å²) in [7, 11) is 0. The molecule has 5 heteroatoms. The van der Waals surface area contributed by atoms with Crippen LogP contribution in [-0.2, 0) is 0 Å². The Morgan fingerprint density at radius 3 is 2.63 bits per heavy atom. The number of nitrogens with one attached hydrogen (secondary N) is 1. The third-order valence-corrected chi connectivity index (χ3v) is 3.05. The number of hydrogen-bond acceptors (Lipinski definition) is 3. The number of rotatable bonds is 2. The third kappa shape index (κ3) is 1.91. The first-order valence-corrected chi connectivity index (χ1v) is 5.71. The van der Waals surface area contributed by atoms with Gasteiger partial charge in [-0.15, -0.1) is 0 Å². The van der Waals surface area contributed by atoms with E-state index in [9.17, 15) is 4.79 Å². The number of nitrogens with two attached hydrogens (primary N) is 1. The zero-order valence-electron chi connectivity index (χ0n) is 9.92. The van der Waals surface area contributed by atoms with Gasteiger partial charge < -0.3 is 10.8 Å². The average molecular weight is 253 g/mol. The van der Waals surface area contributed by atoms with Crippen LogP contribution in [0.15, 0.2) is 42.6 Å². The standard InChI is InChI=1S/C14H11N3O2/c15-12-5-10-7-16-17-13(10)6-11(12)8-1-3-9(4-2-8)14(18)19/h1-7H,15H2,(H,16,17)(H,18,19). The number of fused-ring (bicyclic) bond motifs is 1. The second-order valence-electron chi connectivity index (χ2n) is 4.28. The molecule has 1 aromatic heterocycles. The molecule has 19 heavy (non-hydrogen) atoms. The molecule has 0 fully saturated rings. The summed E-state index contributed by atoms with van der Waals surface area (Å²) < 4.78 is 0. The number of nitrogen functional groups attached to an aromatic ring is 1. The van der Waals surface area contributed by atoms with Gasteiger partial charge in [-0.2, -0.15) is 5.10 Å². The summed E-state index contributed by atoms with van der Waals surface area (Å²) in [5.41, 5.74) is 9.53. The Labute approximate surface area is 108 Å². The molecule has 0 aliphatic carbocycles. The van der Waals surface area contributed by atoms with Crippen LogP contribution in [0.2, 0.25) is 0 Å². The normalized spacial score (nSPS) is 10.7. The Morgan fingerprint density at radius 2 is 1.95 bits per heavy atom. The van der Waals surface area contributed by atoms with Gasteiger partial charge in [0.1, 0.15) is 0 Å². The minimum Gasteiger partial charge on any atom is -0.478 e. The monoisotopic (exact) mass is 253 g/mol. The van der Waals surface area contributed by atoms with Crippen LogP contribution in [0.25, 0.3) is 22.0 Å². The van der Waals surface area contributed by atoms with Crippen LogP contribution < -0.4 is 5.73 Å². The van der Waals surface area contributed by atoms with Crippen LogP contribution in [0.4, 0.5) is 5.69 Å². The molecule has 5 nitrogen and oxygen atoms in total. The molecule has 0 aliphatic heterocycles. The van der Waals surface area contributed by atoms with Crippen molar-refractivity contribution in [3.8, 4) is 11.1 Å². The molecule has 0 saturated carbocycles. The van der Waals surface area contributed by atoms with Crippen molar-refractivity contribution in [2.75, 3.05) is 5.73 Å². The summed E-state index contributed by atoms with van der Waals surface area (Å²) in [5.74, 6) is -0.941. The smallest absolute Gasteiger partial charge is 0.335 e. The summed E-state index contributed by atoms with van der Waals surface area (Å²) >= 11 is 0. The van der Waals surface area contributed by atoms with Gasteiger partial charge in [0.25, 0.3) is 0 Å². The number of benzene rings is 2. The fraction of sp³-hybridized carbons (Fsp3) is 0. The van der Waals surface area contributed by atoms with Gasteiger partial charge in [0, 0.05) is 16.6 Å². The van der Waals surface area contributed by atoms with Crippen molar-refractivity contribution in [1.82, 2.24) is 10.2 Å².